The molecule has 0 aromatic heterocycles. The maximum atomic E-state index is 5.60. The first-order valence-corrected chi connectivity index (χ1v) is 8.44. The number of unbranched alkanes of at least 4 members (excludes halogenated alkanes) is 3. The molecule has 0 saturated carbocycles. The Kier molecular flexibility index (Phi) is 9.46. The molecule has 4 heteroatoms. The van der Waals surface area contributed by atoms with Crippen LogP contribution in [0, 0.1) is 0 Å². The zero-order valence-corrected chi connectivity index (χ0v) is 9.65. The van der Waals surface area contributed by atoms with Crippen molar-refractivity contribution in [1.82, 2.24) is 0 Å². The Morgan fingerprint density at radius 1 is 1.18 bits per heavy atom. The van der Waals surface area contributed by atoms with Gasteiger partial charge in [-0.25, -0.2) is 0 Å². The number of halogens is 2. The van der Waals surface area contributed by atoms with Gasteiger partial charge >= 0.3 is 0 Å². The van der Waals surface area contributed by atoms with Crippen LogP contribution in [0.3, 0.4) is 0 Å². The van der Waals surface area contributed by atoms with Crippen LogP contribution in [0.25, 0.3) is 0 Å². The summed E-state index contributed by atoms with van der Waals surface area (Å²) in [7, 11) is -1.51. The summed E-state index contributed by atoms with van der Waals surface area (Å²) in [4.78, 5) is 0. The minimum atomic E-state index is -1.51. The molecule has 0 heterocycles. The van der Waals surface area contributed by atoms with E-state index in [2.05, 4.69) is 6.92 Å². The first-order valence-electron chi connectivity index (χ1n) is 4.13. The maximum Gasteiger partial charge on any atom is 0.261 e. The molecule has 0 bridgehead atoms. The van der Waals surface area contributed by atoms with Gasteiger partial charge in [-0.3, -0.25) is 0 Å². The van der Waals surface area contributed by atoms with Crippen molar-refractivity contribution in [1.29, 1.82) is 0 Å². The number of rotatable bonds is 7. The molecule has 0 amide bonds. The number of ether oxygens (including phenoxy) is 1. The van der Waals surface area contributed by atoms with Crippen LogP contribution < -0.4 is 0 Å². The van der Waals surface area contributed by atoms with E-state index in [1.165, 1.54) is 19.3 Å². The first kappa shape index (κ1) is 11.8. The molecule has 0 aromatic carbocycles. The van der Waals surface area contributed by atoms with E-state index in [0.717, 1.165) is 13.0 Å². The van der Waals surface area contributed by atoms with Gasteiger partial charge in [0.15, 0.2) is 0 Å². The summed E-state index contributed by atoms with van der Waals surface area (Å²) < 4.78 is 5.24. The highest BCUT2D eigenvalue weighted by atomic mass is 35.7. The van der Waals surface area contributed by atoms with Crippen LogP contribution in [0.4, 0.5) is 0 Å². The molecular weight excluding hydrogens is 199 g/mol. The van der Waals surface area contributed by atoms with Crippen molar-refractivity contribution in [3.05, 3.63) is 0 Å². The predicted octanol–water partition coefficient (Wildman–Crippen LogP) is 2.82. The van der Waals surface area contributed by atoms with Crippen LogP contribution >= 0.6 is 22.2 Å². The van der Waals surface area contributed by atoms with Crippen LogP contribution in [0.2, 0.25) is 0 Å². The van der Waals surface area contributed by atoms with Gasteiger partial charge in [0.2, 0.25) is 0 Å². The lowest BCUT2D eigenvalue weighted by molar-refractivity contribution is 0.172. The van der Waals surface area contributed by atoms with E-state index < -0.39 is 7.42 Å². The van der Waals surface area contributed by atoms with Gasteiger partial charge in [0.1, 0.15) is 0 Å². The van der Waals surface area contributed by atoms with Crippen LogP contribution in [0.1, 0.15) is 32.6 Å². The molecule has 0 atom stereocenters. The fraction of sp³-hybridized carbons (Fsp3) is 1.00. The molecule has 0 aromatic rings. The fourth-order valence-electron chi connectivity index (χ4n) is 0.803. The van der Waals surface area contributed by atoms with E-state index in [0.29, 0.717) is 6.23 Å². The lowest BCUT2D eigenvalue weighted by Gasteiger charge is -2.02. The maximum absolute atomic E-state index is 5.60. The average Bonchev–Trinajstić information content (AvgIpc) is 1.96. The second-order valence-electron chi connectivity index (χ2n) is 2.53. The summed E-state index contributed by atoms with van der Waals surface area (Å²) in [5.41, 5.74) is 0. The van der Waals surface area contributed by atoms with Gasteiger partial charge in [0.05, 0.1) is 6.23 Å². The molecule has 0 rings (SSSR count). The van der Waals surface area contributed by atoms with E-state index in [4.69, 9.17) is 26.9 Å². The largest absolute Gasteiger partial charge is 0.382 e. The van der Waals surface area contributed by atoms with Crippen LogP contribution in [-0.4, -0.2) is 20.3 Å². The Bertz CT molecular complexity index is 80.8. The highest BCUT2D eigenvalue weighted by molar-refractivity contribution is 7.33. The van der Waals surface area contributed by atoms with E-state index >= 15 is 0 Å². The third kappa shape index (κ3) is 10.8. The molecule has 0 radical (unpaired) electrons. The minimum absolute atomic E-state index is 0.592. The first-order chi connectivity index (χ1) is 5.27. The van der Waals surface area contributed by atoms with Crippen molar-refractivity contribution in [2.45, 2.75) is 32.6 Å². The summed E-state index contributed by atoms with van der Waals surface area (Å²) in [6.45, 7) is 3.02. The zero-order chi connectivity index (χ0) is 8.53. The van der Waals surface area contributed by atoms with Gasteiger partial charge in [0.25, 0.3) is 7.42 Å². The summed E-state index contributed by atoms with van der Waals surface area (Å²) in [5.74, 6) is 0. The Balaban J connectivity index is 2.80. The third-order valence-corrected chi connectivity index (χ3v) is 2.63. The SMILES string of the molecule is CCCCCCOC[SiH](Cl)Cl. The van der Waals surface area contributed by atoms with Crippen LogP contribution in [0.15, 0.2) is 0 Å². The monoisotopic (exact) mass is 214 g/mol. The third-order valence-electron chi connectivity index (χ3n) is 1.39. The highest BCUT2D eigenvalue weighted by Gasteiger charge is 2.00. The molecule has 0 spiro atoms. The zero-order valence-electron chi connectivity index (χ0n) is 6.98. The van der Waals surface area contributed by atoms with Gasteiger partial charge < -0.3 is 4.74 Å². The quantitative estimate of drug-likeness (QED) is 0.360. The lowest BCUT2D eigenvalue weighted by atomic mass is 10.2. The molecule has 0 aliphatic carbocycles. The molecule has 0 unspecified atom stereocenters. The molecular formula is C7H16Cl2OSi. The van der Waals surface area contributed by atoms with Crippen molar-refractivity contribution in [2.75, 3.05) is 12.8 Å². The second-order valence-corrected chi connectivity index (χ2v) is 7.47. The molecule has 0 aliphatic heterocycles. The summed E-state index contributed by atoms with van der Waals surface area (Å²) in [5, 5.41) is 0. The fourth-order valence-corrected chi connectivity index (χ4v) is 1.68. The lowest BCUT2D eigenvalue weighted by Crippen LogP contribution is -2.07. The normalized spacial score (nSPS) is 10.9. The van der Waals surface area contributed by atoms with Crippen LogP contribution in [-0.2, 0) is 4.74 Å². The van der Waals surface area contributed by atoms with Gasteiger partial charge in [0, 0.05) is 6.61 Å². The summed E-state index contributed by atoms with van der Waals surface area (Å²) >= 11 is 11.2. The minimum Gasteiger partial charge on any atom is -0.382 e. The molecule has 0 N–H and O–H groups in total. The Morgan fingerprint density at radius 3 is 2.45 bits per heavy atom. The number of hydrogen-bond acceptors (Lipinski definition) is 1. The van der Waals surface area contributed by atoms with Crippen molar-refractivity contribution in [3.63, 3.8) is 0 Å². The Hall–Kier alpha value is 0.757. The smallest absolute Gasteiger partial charge is 0.261 e. The molecule has 1 nitrogen and oxygen atoms in total. The van der Waals surface area contributed by atoms with Crippen molar-refractivity contribution in [2.24, 2.45) is 0 Å². The molecule has 0 aliphatic rings. The average molecular weight is 215 g/mol. The summed E-state index contributed by atoms with van der Waals surface area (Å²) in [6.07, 6.45) is 5.56. The standard InChI is InChI=1S/C7H16Cl2OSi/c1-2-3-4-5-6-10-7-11(8)9/h11H,2-7H2,1H3. The van der Waals surface area contributed by atoms with Gasteiger partial charge in [-0.15, -0.1) is 22.2 Å². The van der Waals surface area contributed by atoms with Gasteiger partial charge in [-0.05, 0) is 6.42 Å². The molecule has 68 valence electrons. The van der Waals surface area contributed by atoms with E-state index in [1.807, 2.05) is 0 Å². The second kappa shape index (κ2) is 8.85. The summed E-state index contributed by atoms with van der Waals surface area (Å²) in [6, 6.07) is 0. The van der Waals surface area contributed by atoms with Crippen molar-refractivity contribution < 1.29 is 4.74 Å². The van der Waals surface area contributed by atoms with E-state index in [1.54, 1.807) is 0 Å². The predicted molar refractivity (Wildman–Crippen MR) is 53.8 cm³/mol. The Morgan fingerprint density at radius 2 is 1.91 bits per heavy atom. The Labute approximate surface area is 80.0 Å². The van der Waals surface area contributed by atoms with Gasteiger partial charge in [-0.1, -0.05) is 26.2 Å². The molecule has 11 heavy (non-hydrogen) atoms. The molecule has 0 saturated heterocycles. The van der Waals surface area contributed by atoms with E-state index in [-0.39, 0.29) is 0 Å². The van der Waals surface area contributed by atoms with Crippen LogP contribution in [0.5, 0.6) is 0 Å². The van der Waals surface area contributed by atoms with Crippen molar-refractivity contribution in [3.8, 4) is 0 Å². The van der Waals surface area contributed by atoms with Crippen molar-refractivity contribution >= 4 is 29.6 Å². The number of hydrogen-bond donors (Lipinski definition) is 0. The highest BCUT2D eigenvalue weighted by Crippen LogP contribution is 2.00. The van der Waals surface area contributed by atoms with E-state index in [9.17, 15) is 0 Å². The molecule has 0 fully saturated rings. The van der Waals surface area contributed by atoms with Gasteiger partial charge in [-0.2, -0.15) is 0 Å². The topological polar surface area (TPSA) is 9.23 Å².